The molecule has 96 valence electrons. The monoisotopic (exact) mass is 249 g/mol. The predicted octanol–water partition coefficient (Wildman–Crippen LogP) is 0.970. The number of nitrogens with one attached hydrogen (secondary N) is 1. The third-order valence-electron chi connectivity index (χ3n) is 3.00. The second-order valence-electron chi connectivity index (χ2n) is 4.22. The van der Waals surface area contributed by atoms with Gasteiger partial charge in [-0.1, -0.05) is 12.8 Å². The van der Waals surface area contributed by atoms with Gasteiger partial charge in [-0.2, -0.15) is 0 Å². The molecule has 1 saturated carbocycles. The van der Waals surface area contributed by atoms with Gasteiger partial charge in [0.05, 0.1) is 17.6 Å². The Morgan fingerprint density at radius 2 is 1.94 bits per heavy atom. The second kappa shape index (κ2) is 7.25. The van der Waals surface area contributed by atoms with Crippen molar-refractivity contribution in [3.8, 4) is 0 Å². The molecule has 0 bridgehead atoms. The Kier molecular flexibility index (Phi) is 6.31. The van der Waals surface area contributed by atoms with Gasteiger partial charge in [-0.3, -0.25) is 0 Å². The van der Waals surface area contributed by atoms with Crippen LogP contribution in [0.1, 0.15) is 32.6 Å². The molecule has 16 heavy (non-hydrogen) atoms. The molecule has 0 aromatic rings. The first-order valence-electron chi connectivity index (χ1n) is 6.17. The SMILES string of the molecule is CCOCCNCCS(=O)(=O)C1CCCC1. The van der Waals surface area contributed by atoms with E-state index in [4.69, 9.17) is 4.74 Å². The number of ether oxygens (including phenoxy) is 1. The first kappa shape index (κ1) is 13.9. The normalized spacial score (nSPS) is 18.1. The molecule has 1 aliphatic carbocycles. The zero-order valence-corrected chi connectivity index (χ0v) is 10.9. The lowest BCUT2D eigenvalue weighted by Crippen LogP contribution is -2.30. The van der Waals surface area contributed by atoms with Crippen molar-refractivity contribution >= 4 is 9.84 Å². The summed E-state index contributed by atoms with van der Waals surface area (Å²) in [4.78, 5) is 0. The first-order chi connectivity index (χ1) is 7.67. The lowest BCUT2D eigenvalue weighted by Gasteiger charge is -2.11. The Morgan fingerprint density at radius 3 is 2.56 bits per heavy atom. The van der Waals surface area contributed by atoms with E-state index in [1.807, 2.05) is 6.92 Å². The van der Waals surface area contributed by atoms with Crippen molar-refractivity contribution in [3.63, 3.8) is 0 Å². The minimum Gasteiger partial charge on any atom is -0.380 e. The predicted molar refractivity (Wildman–Crippen MR) is 65.4 cm³/mol. The fourth-order valence-corrected chi connectivity index (χ4v) is 3.86. The molecular weight excluding hydrogens is 226 g/mol. The van der Waals surface area contributed by atoms with Crippen molar-refractivity contribution in [2.75, 3.05) is 32.1 Å². The largest absolute Gasteiger partial charge is 0.380 e. The van der Waals surface area contributed by atoms with E-state index in [0.717, 1.165) is 32.2 Å². The van der Waals surface area contributed by atoms with Crippen LogP contribution in [0.15, 0.2) is 0 Å². The molecular formula is C11H23NO3S. The van der Waals surface area contributed by atoms with Gasteiger partial charge in [-0.25, -0.2) is 8.42 Å². The maximum absolute atomic E-state index is 11.9. The molecule has 0 unspecified atom stereocenters. The van der Waals surface area contributed by atoms with Crippen molar-refractivity contribution in [2.24, 2.45) is 0 Å². The van der Waals surface area contributed by atoms with Crippen LogP contribution in [0.4, 0.5) is 0 Å². The molecule has 0 saturated heterocycles. The number of hydrogen-bond acceptors (Lipinski definition) is 4. The molecule has 0 heterocycles. The molecule has 0 atom stereocenters. The van der Waals surface area contributed by atoms with Gasteiger partial charge in [0.2, 0.25) is 0 Å². The minimum absolute atomic E-state index is 0.0683. The van der Waals surface area contributed by atoms with E-state index in [0.29, 0.717) is 19.8 Å². The van der Waals surface area contributed by atoms with Crippen molar-refractivity contribution in [1.82, 2.24) is 5.32 Å². The maximum Gasteiger partial charge on any atom is 0.154 e. The van der Waals surface area contributed by atoms with E-state index < -0.39 is 9.84 Å². The Balaban J connectivity index is 2.11. The summed E-state index contributed by atoms with van der Waals surface area (Å²) in [5.74, 6) is 0.268. The molecule has 0 spiro atoms. The third kappa shape index (κ3) is 4.80. The Hall–Kier alpha value is -0.130. The van der Waals surface area contributed by atoms with Crippen LogP contribution in [0.2, 0.25) is 0 Å². The Morgan fingerprint density at radius 1 is 1.25 bits per heavy atom. The van der Waals surface area contributed by atoms with Crippen molar-refractivity contribution in [3.05, 3.63) is 0 Å². The smallest absolute Gasteiger partial charge is 0.154 e. The summed E-state index contributed by atoms with van der Waals surface area (Å²) in [7, 11) is -2.86. The van der Waals surface area contributed by atoms with E-state index in [-0.39, 0.29) is 11.0 Å². The Bertz CT molecular complexity index is 271. The molecule has 5 heteroatoms. The van der Waals surface area contributed by atoms with Gasteiger partial charge in [-0.05, 0) is 19.8 Å². The van der Waals surface area contributed by atoms with Crippen molar-refractivity contribution < 1.29 is 13.2 Å². The highest BCUT2D eigenvalue weighted by Gasteiger charge is 2.27. The third-order valence-corrected chi connectivity index (χ3v) is 5.26. The summed E-state index contributed by atoms with van der Waals surface area (Å²) in [6.45, 7) is 4.59. The molecule has 1 rings (SSSR count). The molecule has 1 N–H and O–H groups in total. The molecule has 0 aromatic carbocycles. The first-order valence-corrected chi connectivity index (χ1v) is 7.88. The standard InChI is InChI=1S/C11H23NO3S/c1-2-15-9-7-12-8-10-16(13,14)11-5-3-4-6-11/h11-12H,2-10H2,1H3. The topological polar surface area (TPSA) is 55.4 Å². The van der Waals surface area contributed by atoms with Crippen molar-refractivity contribution in [1.29, 1.82) is 0 Å². The summed E-state index contributed by atoms with van der Waals surface area (Å²) in [5.41, 5.74) is 0. The van der Waals surface area contributed by atoms with Crippen LogP contribution in [0.5, 0.6) is 0 Å². The molecule has 1 fully saturated rings. The van der Waals surface area contributed by atoms with Crippen LogP contribution in [-0.2, 0) is 14.6 Å². The molecule has 0 aromatic heterocycles. The van der Waals surface area contributed by atoms with Crippen LogP contribution in [-0.4, -0.2) is 45.7 Å². The highest BCUT2D eigenvalue weighted by molar-refractivity contribution is 7.92. The summed E-state index contributed by atoms with van der Waals surface area (Å²) in [6, 6.07) is 0. The van der Waals surface area contributed by atoms with Gasteiger partial charge < -0.3 is 10.1 Å². The van der Waals surface area contributed by atoms with E-state index in [1.165, 1.54) is 0 Å². The fraction of sp³-hybridized carbons (Fsp3) is 1.00. The van der Waals surface area contributed by atoms with E-state index >= 15 is 0 Å². The quantitative estimate of drug-likeness (QED) is 0.651. The van der Waals surface area contributed by atoms with Crippen molar-refractivity contribution in [2.45, 2.75) is 37.9 Å². The summed E-state index contributed by atoms with van der Waals surface area (Å²) >= 11 is 0. The summed E-state index contributed by atoms with van der Waals surface area (Å²) < 4.78 is 28.9. The highest BCUT2D eigenvalue weighted by Crippen LogP contribution is 2.24. The second-order valence-corrected chi connectivity index (χ2v) is 6.62. The van der Waals surface area contributed by atoms with Gasteiger partial charge in [0.25, 0.3) is 0 Å². The summed E-state index contributed by atoms with van der Waals surface area (Å²) in [6.07, 6.45) is 3.87. The minimum atomic E-state index is -2.86. The van der Waals surface area contributed by atoms with E-state index in [1.54, 1.807) is 0 Å². The highest BCUT2D eigenvalue weighted by atomic mass is 32.2. The van der Waals surface area contributed by atoms with Crippen LogP contribution >= 0.6 is 0 Å². The van der Waals surface area contributed by atoms with Gasteiger partial charge >= 0.3 is 0 Å². The Labute approximate surface area is 98.7 Å². The molecule has 0 aliphatic heterocycles. The van der Waals surface area contributed by atoms with Gasteiger partial charge in [0, 0.05) is 19.7 Å². The van der Waals surface area contributed by atoms with Gasteiger partial charge in [-0.15, -0.1) is 0 Å². The number of rotatable bonds is 8. The average Bonchev–Trinajstić information content (AvgIpc) is 2.77. The van der Waals surface area contributed by atoms with Crippen LogP contribution in [0, 0.1) is 0 Å². The zero-order chi connectivity index (χ0) is 11.9. The van der Waals surface area contributed by atoms with E-state index in [9.17, 15) is 8.42 Å². The molecule has 4 nitrogen and oxygen atoms in total. The molecule has 0 amide bonds. The average molecular weight is 249 g/mol. The lowest BCUT2D eigenvalue weighted by molar-refractivity contribution is 0.150. The van der Waals surface area contributed by atoms with Gasteiger partial charge in [0.1, 0.15) is 0 Å². The number of sulfone groups is 1. The zero-order valence-electron chi connectivity index (χ0n) is 10.1. The maximum atomic E-state index is 11.9. The van der Waals surface area contributed by atoms with Crippen LogP contribution in [0.25, 0.3) is 0 Å². The lowest BCUT2D eigenvalue weighted by atomic mass is 10.4. The van der Waals surface area contributed by atoms with Crippen LogP contribution in [0.3, 0.4) is 0 Å². The molecule has 1 aliphatic rings. The fourth-order valence-electron chi connectivity index (χ4n) is 2.04. The van der Waals surface area contributed by atoms with E-state index in [2.05, 4.69) is 5.32 Å². The van der Waals surface area contributed by atoms with Gasteiger partial charge in [0.15, 0.2) is 9.84 Å². The summed E-state index contributed by atoms with van der Waals surface area (Å²) in [5, 5.41) is 3.03. The molecule has 0 radical (unpaired) electrons. The van der Waals surface area contributed by atoms with Crippen LogP contribution < -0.4 is 5.32 Å². The number of hydrogen-bond donors (Lipinski definition) is 1.